The Hall–Kier alpha value is -2.95. The highest BCUT2D eigenvalue weighted by Crippen LogP contribution is 2.33. The van der Waals surface area contributed by atoms with Gasteiger partial charge in [0, 0.05) is 19.3 Å². The lowest BCUT2D eigenvalue weighted by molar-refractivity contribution is -0.158. The third kappa shape index (κ3) is 18.3. The molecule has 2 aromatic rings. The predicted molar refractivity (Wildman–Crippen MR) is 213 cm³/mol. The number of nitrogen functional groups attached to an aromatic ring is 1. The first-order valence-corrected chi connectivity index (χ1v) is 21.7. The Bertz CT molecular complexity index is 1330. The SMILES string of the molecule is CCCCCCCCCCCCCCCC(=O)OC[C@H]1O[C@@H](n2cnc3c(=O)[nH]c(N)nc32)CC1OC(=O)CCCCCCCCCCCCCCC. The molecule has 3 atom stereocenters. The van der Waals surface area contributed by atoms with E-state index in [0.29, 0.717) is 19.3 Å². The summed E-state index contributed by atoms with van der Waals surface area (Å²) in [5.74, 6) is -0.576. The van der Waals surface area contributed by atoms with Crippen LogP contribution in [-0.2, 0) is 23.8 Å². The number of nitrogens with two attached hydrogens (primary N) is 1. The van der Waals surface area contributed by atoms with Gasteiger partial charge in [-0.2, -0.15) is 4.98 Å². The van der Waals surface area contributed by atoms with Crippen LogP contribution in [0, 0.1) is 0 Å². The molecule has 0 spiro atoms. The molecule has 0 aliphatic carbocycles. The van der Waals surface area contributed by atoms with Gasteiger partial charge in [0.1, 0.15) is 25.0 Å². The number of hydrogen-bond acceptors (Lipinski definition) is 9. The van der Waals surface area contributed by atoms with E-state index >= 15 is 0 Å². The molecule has 53 heavy (non-hydrogen) atoms. The molecule has 2 aromatic heterocycles. The van der Waals surface area contributed by atoms with E-state index in [1.54, 1.807) is 4.57 Å². The van der Waals surface area contributed by atoms with Gasteiger partial charge < -0.3 is 19.9 Å². The molecule has 0 amide bonds. The maximum Gasteiger partial charge on any atom is 0.306 e. The zero-order valence-electron chi connectivity index (χ0n) is 33.4. The van der Waals surface area contributed by atoms with Crippen LogP contribution in [-0.4, -0.2) is 50.3 Å². The van der Waals surface area contributed by atoms with Crippen molar-refractivity contribution in [3.8, 4) is 0 Å². The Morgan fingerprint density at radius 2 is 1.19 bits per heavy atom. The van der Waals surface area contributed by atoms with Crippen molar-refractivity contribution in [2.45, 2.75) is 218 Å². The van der Waals surface area contributed by atoms with E-state index in [2.05, 4.69) is 28.8 Å². The molecule has 0 saturated carbocycles. The number of aromatic nitrogens is 4. The van der Waals surface area contributed by atoms with Crippen molar-refractivity contribution in [1.29, 1.82) is 0 Å². The molecule has 302 valence electrons. The van der Waals surface area contributed by atoms with Crippen LogP contribution in [0.2, 0.25) is 0 Å². The van der Waals surface area contributed by atoms with Crippen LogP contribution in [0.5, 0.6) is 0 Å². The standard InChI is InChI=1S/C42H73N5O6/c1-3-5-7-9-11-13-15-17-19-21-23-25-27-29-37(48)51-32-35-34(31-36(52-35)47-33-44-39-40(47)45-42(43)46-41(39)50)53-38(49)30-28-26-24-22-20-18-16-14-12-10-8-6-4-2/h33-36H,3-32H2,1-2H3,(H3,43,45,46,50)/t34?,35-,36-/m1/s1. The second-order valence-corrected chi connectivity index (χ2v) is 15.3. The monoisotopic (exact) mass is 744 g/mol. The fourth-order valence-corrected chi connectivity index (χ4v) is 7.35. The number of anilines is 1. The molecule has 1 unspecified atom stereocenters. The number of aromatic amines is 1. The summed E-state index contributed by atoms with van der Waals surface area (Å²) in [4.78, 5) is 48.9. The zero-order valence-corrected chi connectivity index (χ0v) is 33.4. The lowest BCUT2D eigenvalue weighted by Crippen LogP contribution is -2.32. The number of hydrogen-bond donors (Lipinski definition) is 2. The molecule has 3 N–H and O–H groups in total. The first-order chi connectivity index (χ1) is 25.9. The number of carbonyl (C=O) groups excluding carboxylic acids is 2. The molecule has 1 aliphatic rings. The minimum absolute atomic E-state index is 0.0206. The second-order valence-electron chi connectivity index (χ2n) is 15.3. The highest BCUT2D eigenvalue weighted by molar-refractivity contribution is 5.71. The third-order valence-electron chi connectivity index (χ3n) is 10.6. The number of ether oxygens (including phenoxy) is 3. The second kappa shape index (κ2) is 27.6. The summed E-state index contributed by atoms with van der Waals surface area (Å²) in [6, 6.07) is 0. The summed E-state index contributed by atoms with van der Waals surface area (Å²) in [5, 5.41) is 0. The number of nitrogens with zero attached hydrogens (tertiary/aromatic N) is 3. The van der Waals surface area contributed by atoms with Gasteiger partial charge in [0.05, 0.1) is 6.33 Å². The molecule has 11 heteroatoms. The number of fused-ring (bicyclic) bond motifs is 1. The molecule has 3 rings (SSSR count). The Morgan fingerprint density at radius 3 is 1.68 bits per heavy atom. The summed E-state index contributed by atoms with van der Waals surface area (Å²) in [7, 11) is 0. The average molecular weight is 744 g/mol. The maximum atomic E-state index is 12.9. The number of unbranched alkanes of at least 4 members (excludes halogenated alkanes) is 24. The quantitative estimate of drug-likeness (QED) is 0.0551. The predicted octanol–water partition coefficient (Wildman–Crippen LogP) is 10.4. The fraction of sp³-hybridized carbons (Fsp3) is 0.833. The van der Waals surface area contributed by atoms with E-state index in [9.17, 15) is 14.4 Å². The van der Waals surface area contributed by atoms with Gasteiger partial charge in [-0.1, -0.05) is 168 Å². The topological polar surface area (TPSA) is 151 Å². The lowest BCUT2D eigenvalue weighted by atomic mass is 10.0. The van der Waals surface area contributed by atoms with Gasteiger partial charge in [-0.25, -0.2) is 4.98 Å². The van der Waals surface area contributed by atoms with Crippen LogP contribution >= 0.6 is 0 Å². The number of imidazole rings is 1. The number of carbonyl (C=O) groups is 2. The van der Waals surface area contributed by atoms with Crippen molar-refractivity contribution in [3.05, 3.63) is 16.7 Å². The number of esters is 2. The molecule has 0 bridgehead atoms. The van der Waals surface area contributed by atoms with Crippen molar-refractivity contribution < 1.29 is 23.8 Å². The van der Waals surface area contributed by atoms with E-state index in [4.69, 9.17) is 19.9 Å². The van der Waals surface area contributed by atoms with Crippen LogP contribution in [0.1, 0.15) is 206 Å². The summed E-state index contributed by atoms with van der Waals surface area (Å²) in [6.45, 7) is 4.49. The molecule has 0 radical (unpaired) electrons. The molecule has 0 aromatic carbocycles. The average Bonchev–Trinajstić information content (AvgIpc) is 3.75. The first kappa shape index (κ1) is 44.4. The highest BCUT2D eigenvalue weighted by Gasteiger charge is 2.40. The minimum atomic E-state index is -0.650. The summed E-state index contributed by atoms with van der Waals surface area (Å²) in [5.41, 5.74) is 5.80. The number of rotatable bonds is 32. The summed E-state index contributed by atoms with van der Waals surface area (Å²) >= 11 is 0. The Balaban J connectivity index is 1.36. The van der Waals surface area contributed by atoms with Crippen LogP contribution in [0.25, 0.3) is 11.2 Å². The molecule has 1 aliphatic heterocycles. The largest absolute Gasteiger partial charge is 0.463 e. The van der Waals surface area contributed by atoms with Crippen LogP contribution < -0.4 is 11.3 Å². The van der Waals surface area contributed by atoms with Crippen molar-refractivity contribution in [2.24, 2.45) is 0 Å². The van der Waals surface area contributed by atoms with Crippen molar-refractivity contribution >= 4 is 29.1 Å². The Morgan fingerprint density at radius 1 is 0.736 bits per heavy atom. The van der Waals surface area contributed by atoms with E-state index in [1.807, 2.05) is 0 Å². The number of nitrogens with one attached hydrogen (secondary N) is 1. The summed E-state index contributed by atoms with van der Waals surface area (Å²) < 4.78 is 19.5. The van der Waals surface area contributed by atoms with Crippen molar-refractivity contribution in [2.75, 3.05) is 12.3 Å². The van der Waals surface area contributed by atoms with Gasteiger partial charge in [-0.15, -0.1) is 0 Å². The molecule has 11 nitrogen and oxygen atoms in total. The molecular weight excluding hydrogens is 670 g/mol. The van der Waals surface area contributed by atoms with Crippen LogP contribution in [0.15, 0.2) is 11.1 Å². The van der Waals surface area contributed by atoms with Crippen molar-refractivity contribution in [3.63, 3.8) is 0 Å². The lowest BCUT2D eigenvalue weighted by Gasteiger charge is -2.19. The minimum Gasteiger partial charge on any atom is -0.463 e. The van der Waals surface area contributed by atoms with E-state index < -0.39 is 24.0 Å². The van der Waals surface area contributed by atoms with Crippen LogP contribution in [0.4, 0.5) is 5.95 Å². The molecular formula is C42H73N5O6. The summed E-state index contributed by atoms with van der Waals surface area (Å²) in [6.07, 6.45) is 32.9. The molecule has 1 fully saturated rings. The van der Waals surface area contributed by atoms with Gasteiger partial charge >= 0.3 is 11.9 Å². The van der Waals surface area contributed by atoms with Gasteiger partial charge in [0.2, 0.25) is 5.95 Å². The maximum absolute atomic E-state index is 12.9. The van der Waals surface area contributed by atoms with Gasteiger partial charge in [0.15, 0.2) is 11.2 Å². The molecule has 1 saturated heterocycles. The van der Waals surface area contributed by atoms with Gasteiger partial charge in [-0.3, -0.25) is 23.9 Å². The zero-order chi connectivity index (χ0) is 37.9. The third-order valence-corrected chi connectivity index (χ3v) is 10.6. The smallest absolute Gasteiger partial charge is 0.306 e. The fourth-order valence-electron chi connectivity index (χ4n) is 7.35. The van der Waals surface area contributed by atoms with Crippen molar-refractivity contribution in [1.82, 2.24) is 19.5 Å². The van der Waals surface area contributed by atoms with E-state index in [0.717, 1.165) is 38.5 Å². The number of H-pyrrole nitrogens is 1. The van der Waals surface area contributed by atoms with Gasteiger partial charge in [0.25, 0.3) is 5.56 Å². The van der Waals surface area contributed by atoms with Crippen LogP contribution in [0.3, 0.4) is 0 Å². The Kier molecular flexibility index (Phi) is 23.2. The highest BCUT2D eigenvalue weighted by atomic mass is 16.6. The van der Waals surface area contributed by atoms with E-state index in [-0.39, 0.29) is 35.7 Å². The first-order valence-electron chi connectivity index (χ1n) is 21.7. The normalized spacial score (nSPS) is 17.1. The Labute approximate surface area is 319 Å². The van der Waals surface area contributed by atoms with Gasteiger partial charge in [-0.05, 0) is 12.8 Å². The molecule has 3 heterocycles. The van der Waals surface area contributed by atoms with E-state index in [1.165, 1.54) is 135 Å².